The maximum absolute atomic E-state index is 13.6. The quantitative estimate of drug-likeness (QED) is 0.557. The minimum absolute atomic E-state index is 0.177. The number of aromatic nitrogens is 1. The number of carbonyl (C=O) groups excluding carboxylic acids is 1. The van der Waals surface area contributed by atoms with Gasteiger partial charge in [0, 0.05) is 6.42 Å². The van der Waals surface area contributed by atoms with Gasteiger partial charge in [-0.05, 0) is 55.2 Å². The summed E-state index contributed by atoms with van der Waals surface area (Å²) in [5, 5.41) is 16.8. The Morgan fingerprint density at radius 3 is 2.76 bits per heavy atom. The standard InChI is InChI=1S/C26H26N4O4/c1-33-21-9-5-8-19-22(21)34-25(32)29-23(19)28-20(13-16-6-3-2-4-7-16)24(31)30-26(15-27)14-17-10-11-18(26)12-17/h2-9,17-18,20H,10-14H2,1H3,(H,30,31)(H,28,29,32). The molecule has 8 nitrogen and oxygen atoms in total. The molecule has 0 spiro atoms. The zero-order valence-corrected chi connectivity index (χ0v) is 18.9. The van der Waals surface area contributed by atoms with Gasteiger partial charge in [-0.2, -0.15) is 10.2 Å². The van der Waals surface area contributed by atoms with E-state index in [4.69, 9.17) is 9.15 Å². The largest absolute Gasteiger partial charge is 0.493 e. The molecule has 3 aromatic rings. The van der Waals surface area contributed by atoms with Crippen molar-refractivity contribution in [2.75, 3.05) is 12.4 Å². The smallest absolute Gasteiger partial charge is 0.441 e. The monoisotopic (exact) mass is 458 g/mol. The number of hydrogen-bond acceptors (Lipinski definition) is 7. The van der Waals surface area contributed by atoms with E-state index in [0.29, 0.717) is 29.9 Å². The molecule has 0 radical (unpaired) electrons. The van der Waals surface area contributed by atoms with Gasteiger partial charge in [-0.3, -0.25) is 4.79 Å². The summed E-state index contributed by atoms with van der Waals surface area (Å²) >= 11 is 0. The molecule has 5 rings (SSSR count). The SMILES string of the molecule is COc1cccc2c(NC(Cc3ccccc3)C(=O)NC3(C#N)CC4CCC3C4)nc(=O)oc12. The highest BCUT2D eigenvalue weighted by Crippen LogP contribution is 2.50. The van der Waals surface area contributed by atoms with Crippen molar-refractivity contribution in [3.8, 4) is 11.8 Å². The maximum atomic E-state index is 13.6. The highest BCUT2D eigenvalue weighted by molar-refractivity contribution is 5.94. The number of carbonyl (C=O) groups is 1. The van der Waals surface area contributed by atoms with Gasteiger partial charge in [0.05, 0.1) is 18.6 Å². The van der Waals surface area contributed by atoms with E-state index >= 15 is 0 Å². The predicted molar refractivity (Wildman–Crippen MR) is 126 cm³/mol. The summed E-state index contributed by atoms with van der Waals surface area (Å²) in [7, 11) is 1.49. The molecule has 4 unspecified atom stereocenters. The van der Waals surface area contributed by atoms with Crippen LogP contribution in [0.15, 0.2) is 57.7 Å². The van der Waals surface area contributed by atoms with Crippen LogP contribution in [0.3, 0.4) is 0 Å². The first-order valence-corrected chi connectivity index (χ1v) is 11.5. The maximum Gasteiger partial charge on any atom is 0.441 e. The fourth-order valence-corrected chi connectivity index (χ4v) is 5.52. The molecule has 174 valence electrons. The lowest BCUT2D eigenvalue weighted by molar-refractivity contribution is -0.123. The van der Waals surface area contributed by atoms with Crippen LogP contribution in [0.4, 0.5) is 5.82 Å². The van der Waals surface area contributed by atoms with Crippen LogP contribution in [0.1, 0.15) is 31.2 Å². The van der Waals surface area contributed by atoms with Gasteiger partial charge in [0.2, 0.25) is 5.91 Å². The Morgan fingerprint density at radius 2 is 2.09 bits per heavy atom. The number of benzene rings is 2. The number of hydrogen-bond donors (Lipinski definition) is 2. The van der Waals surface area contributed by atoms with E-state index in [0.717, 1.165) is 24.8 Å². The summed E-state index contributed by atoms with van der Waals surface area (Å²) in [6, 6.07) is 16.5. The number of anilines is 1. The summed E-state index contributed by atoms with van der Waals surface area (Å²) < 4.78 is 10.6. The average Bonchev–Trinajstić information content (AvgIpc) is 3.45. The minimum Gasteiger partial charge on any atom is -0.493 e. The molecule has 2 N–H and O–H groups in total. The van der Waals surface area contributed by atoms with E-state index in [1.54, 1.807) is 18.2 Å². The second-order valence-corrected chi connectivity index (χ2v) is 9.20. The second kappa shape index (κ2) is 8.82. The number of fused-ring (bicyclic) bond motifs is 3. The van der Waals surface area contributed by atoms with E-state index in [1.807, 2.05) is 30.3 Å². The van der Waals surface area contributed by atoms with Crippen LogP contribution in [0.2, 0.25) is 0 Å². The number of nitriles is 1. The van der Waals surface area contributed by atoms with Crippen molar-refractivity contribution in [1.82, 2.24) is 10.3 Å². The van der Waals surface area contributed by atoms with E-state index in [2.05, 4.69) is 21.7 Å². The Hall–Kier alpha value is -3.86. The van der Waals surface area contributed by atoms with Crippen molar-refractivity contribution in [2.24, 2.45) is 11.8 Å². The molecule has 34 heavy (non-hydrogen) atoms. The van der Waals surface area contributed by atoms with Crippen LogP contribution in [-0.4, -0.2) is 29.6 Å². The van der Waals surface area contributed by atoms with Gasteiger partial charge in [-0.25, -0.2) is 4.79 Å². The Balaban J connectivity index is 1.49. The van der Waals surface area contributed by atoms with Gasteiger partial charge < -0.3 is 19.8 Å². The second-order valence-electron chi connectivity index (χ2n) is 9.20. The van der Waals surface area contributed by atoms with Gasteiger partial charge in [0.1, 0.15) is 17.4 Å². The van der Waals surface area contributed by atoms with Crippen molar-refractivity contribution >= 4 is 22.7 Å². The molecule has 2 fully saturated rings. The first-order chi connectivity index (χ1) is 16.5. The predicted octanol–water partition coefficient (Wildman–Crippen LogP) is 3.42. The number of nitrogens with zero attached hydrogens (tertiary/aromatic N) is 2. The normalized spacial score (nSPS) is 23.9. The highest BCUT2D eigenvalue weighted by Gasteiger charge is 2.52. The highest BCUT2D eigenvalue weighted by atomic mass is 16.5. The molecule has 1 aromatic heterocycles. The fraction of sp³-hybridized carbons (Fsp3) is 0.385. The van der Waals surface area contributed by atoms with Crippen molar-refractivity contribution < 1.29 is 13.9 Å². The third-order valence-electron chi connectivity index (χ3n) is 7.15. The van der Waals surface area contributed by atoms with E-state index in [9.17, 15) is 14.9 Å². The molecule has 2 aliphatic carbocycles. The Morgan fingerprint density at radius 1 is 1.26 bits per heavy atom. The molecule has 8 heteroatoms. The minimum atomic E-state index is -0.842. The molecular formula is C26H26N4O4. The van der Waals surface area contributed by atoms with Crippen LogP contribution < -0.4 is 21.1 Å². The average molecular weight is 459 g/mol. The molecule has 2 bridgehead atoms. The van der Waals surface area contributed by atoms with Crippen molar-refractivity contribution in [1.29, 1.82) is 5.26 Å². The number of amides is 1. The summed E-state index contributed by atoms with van der Waals surface area (Å²) in [5.41, 5.74) is 0.359. The molecule has 1 heterocycles. The first-order valence-electron chi connectivity index (χ1n) is 11.5. The van der Waals surface area contributed by atoms with Gasteiger partial charge in [-0.15, -0.1) is 0 Å². The number of rotatable bonds is 7. The number of nitrogens with one attached hydrogen (secondary N) is 2. The number of ether oxygens (including phenoxy) is 1. The summed E-state index contributed by atoms with van der Waals surface area (Å²) in [6.07, 6.45) is 4.10. The van der Waals surface area contributed by atoms with Gasteiger partial charge in [0.15, 0.2) is 11.3 Å². The van der Waals surface area contributed by atoms with E-state index in [1.165, 1.54) is 7.11 Å². The summed E-state index contributed by atoms with van der Waals surface area (Å²) in [6.45, 7) is 0. The van der Waals surface area contributed by atoms with Crippen LogP contribution in [-0.2, 0) is 11.2 Å². The molecule has 0 aliphatic heterocycles. The topological polar surface area (TPSA) is 117 Å². The Kier molecular flexibility index (Phi) is 5.70. The molecule has 2 aliphatic rings. The van der Waals surface area contributed by atoms with Crippen LogP contribution in [0.5, 0.6) is 5.75 Å². The molecule has 2 aromatic carbocycles. The third-order valence-corrected chi connectivity index (χ3v) is 7.15. The molecule has 0 saturated heterocycles. The van der Waals surface area contributed by atoms with Crippen LogP contribution in [0.25, 0.3) is 11.0 Å². The van der Waals surface area contributed by atoms with Gasteiger partial charge in [-0.1, -0.05) is 36.4 Å². The Bertz CT molecular complexity index is 1320. The first kappa shape index (κ1) is 22.0. The zero-order valence-electron chi connectivity index (χ0n) is 18.9. The summed E-state index contributed by atoms with van der Waals surface area (Å²) in [4.78, 5) is 29.9. The van der Waals surface area contributed by atoms with Gasteiger partial charge >= 0.3 is 5.76 Å². The van der Waals surface area contributed by atoms with Crippen LogP contribution in [0, 0.1) is 23.2 Å². The lowest BCUT2D eigenvalue weighted by Crippen LogP contribution is -2.55. The van der Waals surface area contributed by atoms with Gasteiger partial charge in [0.25, 0.3) is 0 Å². The number of methoxy groups -OCH3 is 1. The van der Waals surface area contributed by atoms with Crippen molar-refractivity contribution in [3.63, 3.8) is 0 Å². The molecule has 1 amide bonds. The van der Waals surface area contributed by atoms with E-state index in [-0.39, 0.29) is 23.2 Å². The van der Waals surface area contributed by atoms with Crippen LogP contribution >= 0.6 is 0 Å². The van der Waals surface area contributed by atoms with Crippen molar-refractivity contribution in [2.45, 2.75) is 43.7 Å². The van der Waals surface area contributed by atoms with Crippen molar-refractivity contribution in [3.05, 3.63) is 64.6 Å². The molecular weight excluding hydrogens is 432 g/mol. The third kappa shape index (κ3) is 3.98. The van der Waals surface area contributed by atoms with E-state index < -0.39 is 17.3 Å². The molecule has 4 atom stereocenters. The lowest BCUT2D eigenvalue weighted by atomic mass is 9.82. The molecule has 2 saturated carbocycles. The summed E-state index contributed by atoms with van der Waals surface area (Å²) in [5.74, 6) is 0.219. The number of para-hydroxylation sites is 1. The lowest BCUT2D eigenvalue weighted by Gasteiger charge is -2.33. The Labute approximate surface area is 196 Å². The fourth-order valence-electron chi connectivity index (χ4n) is 5.52. The zero-order chi connectivity index (χ0) is 23.7.